The van der Waals surface area contributed by atoms with E-state index in [2.05, 4.69) is 24.1 Å². The minimum Gasteiger partial charge on any atom is -0.380 e. The van der Waals surface area contributed by atoms with Gasteiger partial charge in [-0.1, -0.05) is 6.92 Å². The van der Waals surface area contributed by atoms with Crippen molar-refractivity contribution in [3.63, 3.8) is 0 Å². The summed E-state index contributed by atoms with van der Waals surface area (Å²) in [5.74, 6) is 0. The molecule has 1 rings (SSSR count). The minimum atomic E-state index is 0.717. The number of piperazine rings is 1. The summed E-state index contributed by atoms with van der Waals surface area (Å²) < 4.78 is 5.37. The van der Waals surface area contributed by atoms with E-state index in [9.17, 15) is 0 Å². The van der Waals surface area contributed by atoms with Gasteiger partial charge in [-0.3, -0.25) is 4.90 Å². The Morgan fingerprint density at radius 1 is 1.46 bits per heavy atom. The third-order valence-electron chi connectivity index (χ3n) is 2.67. The Bertz CT molecular complexity index is 130. The molecule has 1 aliphatic heterocycles. The largest absolute Gasteiger partial charge is 0.380 e. The summed E-state index contributed by atoms with van der Waals surface area (Å²) in [4.78, 5) is 2.53. The van der Waals surface area contributed by atoms with Crippen LogP contribution in [0.5, 0.6) is 0 Å². The molecule has 1 saturated heterocycles. The van der Waals surface area contributed by atoms with Crippen molar-refractivity contribution in [1.29, 1.82) is 0 Å². The highest BCUT2D eigenvalue weighted by atomic mass is 16.5. The van der Waals surface area contributed by atoms with Crippen molar-refractivity contribution in [2.24, 2.45) is 0 Å². The molecular weight excluding hydrogens is 164 g/mol. The molecule has 13 heavy (non-hydrogen) atoms. The molecular formula is C10H22N2O. The molecule has 0 radical (unpaired) electrons. The van der Waals surface area contributed by atoms with Crippen molar-refractivity contribution in [1.82, 2.24) is 10.2 Å². The van der Waals surface area contributed by atoms with Gasteiger partial charge in [0.25, 0.3) is 0 Å². The molecule has 1 aliphatic rings. The molecule has 0 saturated carbocycles. The molecule has 0 amide bonds. The van der Waals surface area contributed by atoms with Gasteiger partial charge in [-0.25, -0.2) is 0 Å². The second-order valence-electron chi connectivity index (χ2n) is 3.50. The Morgan fingerprint density at radius 2 is 2.31 bits per heavy atom. The molecule has 1 atom stereocenters. The highest BCUT2D eigenvalue weighted by Crippen LogP contribution is 2.05. The van der Waals surface area contributed by atoms with Crippen LogP contribution < -0.4 is 5.32 Å². The third-order valence-corrected chi connectivity index (χ3v) is 2.67. The lowest BCUT2D eigenvalue weighted by atomic mass is 10.1. The number of nitrogens with zero attached hydrogens (tertiary/aromatic N) is 1. The Labute approximate surface area is 81.4 Å². The van der Waals surface area contributed by atoms with E-state index in [1.165, 1.54) is 13.0 Å². The molecule has 0 aromatic heterocycles. The summed E-state index contributed by atoms with van der Waals surface area (Å²) in [6.45, 7) is 10.6. The molecule has 1 fully saturated rings. The molecule has 0 aromatic carbocycles. The van der Waals surface area contributed by atoms with Gasteiger partial charge in [0.1, 0.15) is 0 Å². The standard InChI is InChI=1S/C10H22N2O/c1-3-10-9-11-5-6-12(10)7-8-13-4-2/h10-11H,3-9H2,1-2H3/t10-/m1/s1. The molecule has 0 spiro atoms. The maximum atomic E-state index is 5.37. The summed E-state index contributed by atoms with van der Waals surface area (Å²) in [5.41, 5.74) is 0. The second-order valence-corrected chi connectivity index (χ2v) is 3.50. The monoisotopic (exact) mass is 186 g/mol. The first-order valence-corrected chi connectivity index (χ1v) is 5.41. The topological polar surface area (TPSA) is 24.5 Å². The summed E-state index contributed by atoms with van der Waals surface area (Å²) in [6, 6.07) is 0.717. The summed E-state index contributed by atoms with van der Waals surface area (Å²) >= 11 is 0. The summed E-state index contributed by atoms with van der Waals surface area (Å²) in [7, 11) is 0. The van der Waals surface area contributed by atoms with Crippen molar-refractivity contribution in [3.8, 4) is 0 Å². The van der Waals surface area contributed by atoms with E-state index in [-0.39, 0.29) is 0 Å². The van der Waals surface area contributed by atoms with Gasteiger partial charge < -0.3 is 10.1 Å². The third kappa shape index (κ3) is 3.63. The van der Waals surface area contributed by atoms with Gasteiger partial charge in [-0.15, -0.1) is 0 Å². The van der Waals surface area contributed by atoms with E-state index >= 15 is 0 Å². The van der Waals surface area contributed by atoms with Crippen LogP contribution >= 0.6 is 0 Å². The molecule has 0 aliphatic carbocycles. The first-order chi connectivity index (χ1) is 6.38. The van der Waals surface area contributed by atoms with Gasteiger partial charge in [0, 0.05) is 38.8 Å². The zero-order chi connectivity index (χ0) is 9.52. The average Bonchev–Trinajstić information content (AvgIpc) is 2.19. The predicted octanol–water partition coefficient (Wildman–Crippen LogP) is 0.707. The first-order valence-electron chi connectivity index (χ1n) is 5.41. The quantitative estimate of drug-likeness (QED) is 0.640. The zero-order valence-corrected chi connectivity index (χ0v) is 8.88. The van der Waals surface area contributed by atoms with Gasteiger partial charge in [0.15, 0.2) is 0 Å². The number of rotatable bonds is 5. The Balaban J connectivity index is 2.19. The smallest absolute Gasteiger partial charge is 0.0593 e. The molecule has 0 aromatic rings. The Morgan fingerprint density at radius 3 is 3.00 bits per heavy atom. The normalized spacial score (nSPS) is 24.9. The summed E-state index contributed by atoms with van der Waals surface area (Å²) in [6.07, 6.45) is 1.24. The van der Waals surface area contributed by atoms with Crippen LogP contribution in [-0.4, -0.2) is 50.3 Å². The maximum absolute atomic E-state index is 5.37. The number of hydrogen-bond acceptors (Lipinski definition) is 3. The van der Waals surface area contributed by atoms with Crippen LogP contribution in [0, 0.1) is 0 Å². The fourth-order valence-electron chi connectivity index (χ4n) is 1.83. The van der Waals surface area contributed by atoms with Crippen LogP contribution in [-0.2, 0) is 4.74 Å². The van der Waals surface area contributed by atoms with Crippen LogP contribution in [0.4, 0.5) is 0 Å². The molecule has 78 valence electrons. The lowest BCUT2D eigenvalue weighted by molar-refractivity contribution is 0.0818. The van der Waals surface area contributed by atoms with Gasteiger partial charge in [-0.2, -0.15) is 0 Å². The maximum Gasteiger partial charge on any atom is 0.0593 e. The lowest BCUT2D eigenvalue weighted by Gasteiger charge is -2.35. The SMILES string of the molecule is CCOCCN1CCNC[C@H]1CC. The van der Waals surface area contributed by atoms with Crippen LogP contribution in [0.2, 0.25) is 0 Å². The van der Waals surface area contributed by atoms with Gasteiger partial charge in [0.05, 0.1) is 6.61 Å². The van der Waals surface area contributed by atoms with E-state index in [1.54, 1.807) is 0 Å². The van der Waals surface area contributed by atoms with Crippen LogP contribution in [0.1, 0.15) is 20.3 Å². The predicted molar refractivity (Wildman–Crippen MR) is 55.0 cm³/mol. The zero-order valence-electron chi connectivity index (χ0n) is 8.88. The van der Waals surface area contributed by atoms with Crippen molar-refractivity contribution in [3.05, 3.63) is 0 Å². The van der Waals surface area contributed by atoms with Crippen molar-refractivity contribution >= 4 is 0 Å². The highest BCUT2D eigenvalue weighted by molar-refractivity contribution is 4.78. The molecule has 1 heterocycles. The number of ether oxygens (including phenoxy) is 1. The average molecular weight is 186 g/mol. The Kier molecular flexibility index (Phi) is 5.35. The van der Waals surface area contributed by atoms with Gasteiger partial charge in [-0.05, 0) is 13.3 Å². The number of nitrogens with one attached hydrogen (secondary N) is 1. The number of hydrogen-bond donors (Lipinski definition) is 1. The van der Waals surface area contributed by atoms with E-state index in [0.717, 1.165) is 32.8 Å². The fraction of sp³-hybridized carbons (Fsp3) is 1.00. The molecule has 3 nitrogen and oxygen atoms in total. The van der Waals surface area contributed by atoms with Crippen LogP contribution in [0.3, 0.4) is 0 Å². The minimum absolute atomic E-state index is 0.717. The lowest BCUT2D eigenvalue weighted by Crippen LogP contribution is -2.51. The highest BCUT2D eigenvalue weighted by Gasteiger charge is 2.19. The van der Waals surface area contributed by atoms with Crippen molar-refractivity contribution < 1.29 is 4.74 Å². The Hall–Kier alpha value is -0.120. The van der Waals surface area contributed by atoms with Crippen LogP contribution in [0.15, 0.2) is 0 Å². The van der Waals surface area contributed by atoms with Crippen molar-refractivity contribution in [2.75, 3.05) is 39.4 Å². The van der Waals surface area contributed by atoms with E-state index in [1.807, 2.05) is 0 Å². The van der Waals surface area contributed by atoms with Crippen molar-refractivity contribution in [2.45, 2.75) is 26.3 Å². The molecule has 1 N–H and O–H groups in total. The second kappa shape index (κ2) is 6.35. The molecule has 0 unspecified atom stereocenters. The first kappa shape index (κ1) is 11.0. The molecule has 3 heteroatoms. The van der Waals surface area contributed by atoms with E-state index < -0.39 is 0 Å². The van der Waals surface area contributed by atoms with Gasteiger partial charge in [0.2, 0.25) is 0 Å². The van der Waals surface area contributed by atoms with E-state index in [4.69, 9.17) is 4.74 Å². The molecule has 0 bridgehead atoms. The fourth-order valence-corrected chi connectivity index (χ4v) is 1.83. The van der Waals surface area contributed by atoms with E-state index in [0.29, 0.717) is 6.04 Å². The summed E-state index contributed by atoms with van der Waals surface area (Å²) in [5, 5.41) is 3.42. The van der Waals surface area contributed by atoms with Gasteiger partial charge >= 0.3 is 0 Å². The van der Waals surface area contributed by atoms with Crippen LogP contribution in [0.25, 0.3) is 0 Å².